The van der Waals surface area contributed by atoms with Crippen molar-refractivity contribution in [2.24, 2.45) is 0 Å². The third-order valence-corrected chi connectivity index (χ3v) is 1.95. The molecule has 2 N–H and O–H groups in total. The van der Waals surface area contributed by atoms with E-state index in [1.807, 2.05) is 45.0 Å². The Morgan fingerprint density at radius 2 is 1.87 bits per heavy atom. The van der Waals surface area contributed by atoms with Crippen LogP contribution in [0, 0.1) is 6.92 Å². The lowest BCUT2D eigenvalue weighted by Crippen LogP contribution is -2.34. The standard InChI is InChI=1S/C12H18N2O/c1-9(2)14-12(15)8-13-11-6-4-10(3)5-7-11/h4-7,9,13H,8H2,1-3H3,(H,14,15). The van der Waals surface area contributed by atoms with Crippen LogP contribution in [0.1, 0.15) is 19.4 Å². The van der Waals surface area contributed by atoms with Crippen molar-refractivity contribution in [3.05, 3.63) is 29.8 Å². The van der Waals surface area contributed by atoms with Gasteiger partial charge in [0.1, 0.15) is 0 Å². The minimum atomic E-state index is 0.0191. The molecule has 1 amide bonds. The average Bonchev–Trinajstić information content (AvgIpc) is 2.16. The van der Waals surface area contributed by atoms with Gasteiger partial charge in [-0.3, -0.25) is 4.79 Å². The normalized spacial score (nSPS) is 10.1. The van der Waals surface area contributed by atoms with Crippen LogP contribution in [0.25, 0.3) is 0 Å². The van der Waals surface area contributed by atoms with E-state index in [2.05, 4.69) is 10.6 Å². The van der Waals surface area contributed by atoms with Crippen molar-refractivity contribution in [3.8, 4) is 0 Å². The predicted octanol–water partition coefficient (Wildman–Crippen LogP) is 1.93. The smallest absolute Gasteiger partial charge is 0.239 e. The van der Waals surface area contributed by atoms with E-state index in [0.717, 1.165) is 5.69 Å². The zero-order valence-corrected chi connectivity index (χ0v) is 9.50. The van der Waals surface area contributed by atoms with E-state index in [1.165, 1.54) is 5.56 Å². The molecule has 0 saturated heterocycles. The fourth-order valence-electron chi connectivity index (χ4n) is 1.23. The van der Waals surface area contributed by atoms with Crippen LogP contribution in [-0.4, -0.2) is 18.5 Å². The molecule has 0 bridgehead atoms. The monoisotopic (exact) mass is 206 g/mol. The summed E-state index contributed by atoms with van der Waals surface area (Å²) in [7, 11) is 0. The third-order valence-electron chi connectivity index (χ3n) is 1.95. The molecule has 0 aliphatic rings. The maximum absolute atomic E-state index is 11.3. The molecule has 3 nitrogen and oxygen atoms in total. The summed E-state index contributed by atoms with van der Waals surface area (Å²) in [5.74, 6) is 0.0191. The molecule has 0 aromatic heterocycles. The van der Waals surface area contributed by atoms with Gasteiger partial charge in [-0.2, -0.15) is 0 Å². The molecule has 0 heterocycles. The van der Waals surface area contributed by atoms with Crippen LogP contribution in [0.3, 0.4) is 0 Å². The summed E-state index contributed by atoms with van der Waals surface area (Å²) in [5.41, 5.74) is 2.19. The molecule has 1 aromatic carbocycles. The number of anilines is 1. The second kappa shape index (κ2) is 5.39. The van der Waals surface area contributed by atoms with E-state index in [1.54, 1.807) is 0 Å². The topological polar surface area (TPSA) is 41.1 Å². The molecule has 0 saturated carbocycles. The summed E-state index contributed by atoms with van der Waals surface area (Å²) >= 11 is 0. The van der Waals surface area contributed by atoms with Gasteiger partial charge in [0.05, 0.1) is 6.54 Å². The molecule has 0 atom stereocenters. The maximum atomic E-state index is 11.3. The lowest BCUT2D eigenvalue weighted by atomic mass is 10.2. The summed E-state index contributed by atoms with van der Waals surface area (Å²) in [5, 5.41) is 5.89. The van der Waals surface area contributed by atoms with Gasteiger partial charge in [0, 0.05) is 11.7 Å². The highest BCUT2D eigenvalue weighted by molar-refractivity contribution is 5.80. The lowest BCUT2D eigenvalue weighted by Gasteiger charge is -2.10. The van der Waals surface area contributed by atoms with Crippen molar-refractivity contribution in [3.63, 3.8) is 0 Å². The van der Waals surface area contributed by atoms with Gasteiger partial charge in [0.25, 0.3) is 0 Å². The van der Waals surface area contributed by atoms with E-state index in [-0.39, 0.29) is 11.9 Å². The molecular weight excluding hydrogens is 188 g/mol. The Labute approximate surface area is 90.9 Å². The maximum Gasteiger partial charge on any atom is 0.239 e. The van der Waals surface area contributed by atoms with Crippen LogP contribution >= 0.6 is 0 Å². The number of carbonyl (C=O) groups is 1. The molecule has 0 unspecified atom stereocenters. The number of hydrogen-bond acceptors (Lipinski definition) is 2. The van der Waals surface area contributed by atoms with E-state index in [9.17, 15) is 4.79 Å². The summed E-state index contributed by atoms with van der Waals surface area (Å²) < 4.78 is 0. The number of carbonyl (C=O) groups excluding carboxylic acids is 1. The van der Waals surface area contributed by atoms with Gasteiger partial charge < -0.3 is 10.6 Å². The number of aryl methyl sites for hydroxylation is 1. The predicted molar refractivity (Wildman–Crippen MR) is 62.9 cm³/mol. The first-order chi connectivity index (χ1) is 7.08. The Bertz CT molecular complexity index is 317. The number of rotatable bonds is 4. The Balaban J connectivity index is 2.37. The van der Waals surface area contributed by atoms with Crippen LogP contribution in [0.4, 0.5) is 5.69 Å². The molecule has 1 aromatic rings. The zero-order valence-electron chi connectivity index (χ0n) is 9.50. The van der Waals surface area contributed by atoms with Gasteiger partial charge in [-0.15, -0.1) is 0 Å². The summed E-state index contributed by atoms with van der Waals surface area (Å²) in [6, 6.07) is 8.17. The highest BCUT2D eigenvalue weighted by Gasteiger charge is 2.01. The molecule has 3 heteroatoms. The van der Waals surface area contributed by atoms with Crippen molar-refractivity contribution < 1.29 is 4.79 Å². The van der Waals surface area contributed by atoms with E-state index < -0.39 is 0 Å². The molecular formula is C12H18N2O. The van der Waals surface area contributed by atoms with Gasteiger partial charge in [0.2, 0.25) is 5.91 Å². The highest BCUT2D eigenvalue weighted by atomic mass is 16.1. The van der Waals surface area contributed by atoms with E-state index in [0.29, 0.717) is 6.54 Å². The van der Waals surface area contributed by atoms with Crippen molar-refractivity contribution in [2.75, 3.05) is 11.9 Å². The lowest BCUT2D eigenvalue weighted by molar-refractivity contribution is -0.119. The second-order valence-corrected chi connectivity index (χ2v) is 3.94. The largest absolute Gasteiger partial charge is 0.376 e. The van der Waals surface area contributed by atoms with Crippen LogP contribution < -0.4 is 10.6 Å². The van der Waals surface area contributed by atoms with E-state index in [4.69, 9.17) is 0 Å². The summed E-state index contributed by atoms with van der Waals surface area (Å²) in [6.07, 6.45) is 0. The van der Waals surface area contributed by atoms with Gasteiger partial charge >= 0.3 is 0 Å². The molecule has 82 valence electrons. The Hall–Kier alpha value is -1.51. The molecule has 0 fully saturated rings. The Morgan fingerprint density at radius 3 is 2.40 bits per heavy atom. The zero-order chi connectivity index (χ0) is 11.3. The van der Waals surface area contributed by atoms with Crippen LogP contribution in [0.2, 0.25) is 0 Å². The van der Waals surface area contributed by atoms with Gasteiger partial charge in [-0.05, 0) is 32.9 Å². The van der Waals surface area contributed by atoms with Crippen LogP contribution in [-0.2, 0) is 4.79 Å². The van der Waals surface area contributed by atoms with Crippen molar-refractivity contribution in [1.82, 2.24) is 5.32 Å². The molecule has 0 aliphatic carbocycles. The van der Waals surface area contributed by atoms with Gasteiger partial charge in [-0.1, -0.05) is 17.7 Å². The fourth-order valence-corrected chi connectivity index (χ4v) is 1.23. The first kappa shape index (κ1) is 11.6. The minimum absolute atomic E-state index is 0.0191. The van der Waals surface area contributed by atoms with E-state index >= 15 is 0 Å². The average molecular weight is 206 g/mol. The number of hydrogen-bond donors (Lipinski definition) is 2. The number of amides is 1. The van der Waals surface area contributed by atoms with Gasteiger partial charge in [0.15, 0.2) is 0 Å². The first-order valence-electron chi connectivity index (χ1n) is 5.18. The van der Waals surface area contributed by atoms with Crippen molar-refractivity contribution >= 4 is 11.6 Å². The van der Waals surface area contributed by atoms with Crippen molar-refractivity contribution in [1.29, 1.82) is 0 Å². The SMILES string of the molecule is Cc1ccc(NCC(=O)NC(C)C)cc1. The quantitative estimate of drug-likeness (QED) is 0.790. The fraction of sp³-hybridized carbons (Fsp3) is 0.417. The van der Waals surface area contributed by atoms with Crippen LogP contribution in [0.5, 0.6) is 0 Å². The Kier molecular flexibility index (Phi) is 4.16. The molecule has 0 aliphatic heterocycles. The first-order valence-corrected chi connectivity index (χ1v) is 5.18. The minimum Gasteiger partial charge on any atom is -0.376 e. The molecule has 0 spiro atoms. The molecule has 15 heavy (non-hydrogen) atoms. The second-order valence-electron chi connectivity index (χ2n) is 3.94. The molecule has 1 rings (SSSR count). The molecule has 0 radical (unpaired) electrons. The number of nitrogens with one attached hydrogen (secondary N) is 2. The third kappa shape index (κ3) is 4.49. The van der Waals surface area contributed by atoms with Crippen LogP contribution in [0.15, 0.2) is 24.3 Å². The van der Waals surface area contributed by atoms with Crippen molar-refractivity contribution in [2.45, 2.75) is 26.8 Å². The summed E-state index contributed by atoms with van der Waals surface area (Å²) in [6.45, 7) is 6.25. The Morgan fingerprint density at radius 1 is 1.27 bits per heavy atom. The summed E-state index contributed by atoms with van der Waals surface area (Å²) in [4.78, 5) is 11.3. The van der Waals surface area contributed by atoms with Gasteiger partial charge in [-0.25, -0.2) is 0 Å². The highest BCUT2D eigenvalue weighted by Crippen LogP contribution is 2.07. The number of benzene rings is 1.